The van der Waals surface area contributed by atoms with Crippen LogP contribution in [0.4, 0.5) is 11.4 Å². The normalized spacial score (nSPS) is 18.9. The molecule has 2 saturated heterocycles. The number of methoxy groups -OCH3 is 1. The zero-order chi connectivity index (χ0) is 28.5. The van der Waals surface area contributed by atoms with Crippen molar-refractivity contribution in [2.75, 3.05) is 43.2 Å². The molecular formula is C32H33N5O3S. The minimum atomic E-state index is -0.369. The molecule has 0 saturated carbocycles. The highest BCUT2D eigenvalue weighted by Crippen LogP contribution is 2.44. The molecule has 2 aromatic carbocycles. The number of nitrogens with one attached hydrogen (secondary N) is 1. The molecule has 210 valence electrons. The van der Waals surface area contributed by atoms with E-state index in [4.69, 9.17) is 26.7 Å². The molecule has 2 atom stereocenters. The number of carbonyl (C=O) groups excluding carboxylic acids is 1. The molecular weight excluding hydrogens is 534 g/mol. The second kappa shape index (κ2) is 11.3. The number of hydrogen-bond acceptors (Lipinski definition) is 6. The van der Waals surface area contributed by atoms with Gasteiger partial charge in [0.1, 0.15) is 0 Å². The molecule has 0 aliphatic carbocycles. The van der Waals surface area contributed by atoms with Crippen LogP contribution in [0.25, 0.3) is 5.69 Å². The van der Waals surface area contributed by atoms with Gasteiger partial charge in [0.25, 0.3) is 0 Å². The summed E-state index contributed by atoms with van der Waals surface area (Å²) in [5, 5.41) is 4.21. The summed E-state index contributed by atoms with van der Waals surface area (Å²) in [6.45, 7) is 7.39. The Morgan fingerprint density at radius 2 is 1.71 bits per heavy atom. The fraction of sp³-hybridized carbons (Fsp3) is 0.281. The summed E-state index contributed by atoms with van der Waals surface area (Å²) in [4.78, 5) is 21.9. The van der Waals surface area contributed by atoms with Crippen LogP contribution in [0.5, 0.6) is 0 Å². The van der Waals surface area contributed by atoms with Crippen molar-refractivity contribution in [1.82, 2.24) is 14.9 Å². The number of para-hydroxylation sites is 1. The molecule has 0 unspecified atom stereocenters. The molecule has 2 aliphatic rings. The average Bonchev–Trinajstić information content (AvgIpc) is 3.52. The molecule has 0 radical (unpaired) electrons. The third-order valence-corrected chi connectivity index (χ3v) is 8.26. The monoisotopic (exact) mass is 567 g/mol. The van der Waals surface area contributed by atoms with Crippen LogP contribution < -0.4 is 15.1 Å². The number of morpholine rings is 1. The number of ether oxygens (including phenoxy) is 2. The van der Waals surface area contributed by atoms with Crippen molar-refractivity contribution in [3.05, 3.63) is 107 Å². The number of pyridine rings is 1. The van der Waals surface area contributed by atoms with E-state index in [1.54, 1.807) is 6.07 Å². The Morgan fingerprint density at radius 3 is 2.41 bits per heavy atom. The third-order valence-electron chi connectivity index (χ3n) is 7.94. The molecule has 0 bridgehead atoms. The smallest absolute Gasteiger partial charge is 0.339 e. The predicted octanol–water partition coefficient (Wildman–Crippen LogP) is 5.29. The van der Waals surface area contributed by atoms with Crippen LogP contribution in [0, 0.1) is 13.8 Å². The van der Waals surface area contributed by atoms with E-state index in [1.807, 2.05) is 42.6 Å². The highest BCUT2D eigenvalue weighted by molar-refractivity contribution is 7.80. The molecule has 0 amide bonds. The predicted molar refractivity (Wildman–Crippen MR) is 164 cm³/mol. The Kier molecular flexibility index (Phi) is 7.47. The number of rotatable bonds is 6. The maximum absolute atomic E-state index is 12.7. The zero-order valence-electron chi connectivity index (χ0n) is 23.4. The van der Waals surface area contributed by atoms with E-state index in [-0.39, 0.29) is 18.1 Å². The highest BCUT2D eigenvalue weighted by atomic mass is 32.1. The number of carbonyl (C=O) groups is 1. The van der Waals surface area contributed by atoms with Gasteiger partial charge in [0, 0.05) is 42.0 Å². The van der Waals surface area contributed by atoms with Gasteiger partial charge in [0.2, 0.25) is 0 Å². The van der Waals surface area contributed by atoms with E-state index in [0.717, 1.165) is 60.3 Å². The van der Waals surface area contributed by atoms with Crippen LogP contribution in [0.3, 0.4) is 0 Å². The van der Waals surface area contributed by atoms with Crippen molar-refractivity contribution in [3.8, 4) is 5.69 Å². The number of esters is 1. The Morgan fingerprint density at radius 1 is 1.00 bits per heavy atom. The first-order chi connectivity index (χ1) is 20.0. The van der Waals surface area contributed by atoms with Gasteiger partial charge in [-0.25, -0.2) is 4.79 Å². The highest BCUT2D eigenvalue weighted by Gasteiger charge is 2.42. The molecule has 2 fully saturated rings. The molecule has 4 aromatic rings. The van der Waals surface area contributed by atoms with Crippen molar-refractivity contribution in [3.63, 3.8) is 0 Å². The number of anilines is 2. The van der Waals surface area contributed by atoms with Crippen molar-refractivity contribution in [1.29, 1.82) is 0 Å². The molecule has 9 heteroatoms. The minimum Gasteiger partial charge on any atom is -0.465 e. The molecule has 8 nitrogen and oxygen atoms in total. The van der Waals surface area contributed by atoms with Gasteiger partial charge < -0.3 is 29.2 Å². The molecule has 6 rings (SSSR count). The van der Waals surface area contributed by atoms with Gasteiger partial charge in [-0.05, 0) is 86.2 Å². The van der Waals surface area contributed by atoms with Crippen molar-refractivity contribution in [2.24, 2.45) is 0 Å². The first-order valence-corrected chi connectivity index (χ1v) is 14.2. The van der Waals surface area contributed by atoms with Crippen LogP contribution in [-0.4, -0.2) is 54.0 Å². The van der Waals surface area contributed by atoms with Gasteiger partial charge in [-0.2, -0.15) is 0 Å². The van der Waals surface area contributed by atoms with Crippen molar-refractivity contribution >= 4 is 34.7 Å². The third kappa shape index (κ3) is 4.96. The number of thiocarbonyl (C=S) groups is 1. The summed E-state index contributed by atoms with van der Waals surface area (Å²) in [6, 6.07) is 23.9. The molecule has 0 spiro atoms. The largest absolute Gasteiger partial charge is 0.465 e. The van der Waals surface area contributed by atoms with Crippen molar-refractivity contribution in [2.45, 2.75) is 25.9 Å². The Hall–Kier alpha value is -4.21. The second-order valence-corrected chi connectivity index (χ2v) is 10.7. The summed E-state index contributed by atoms with van der Waals surface area (Å²) < 4.78 is 12.7. The first-order valence-electron chi connectivity index (χ1n) is 13.8. The number of nitrogens with zero attached hydrogens (tertiary/aromatic N) is 4. The van der Waals surface area contributed by atoms with Gasteiger partial charge in [-0.1, -0.05) is 18.2 Å². The zero-order valence-corrected chi connectivity index (χ0v) is 24.2. The second-order valence-electron chi connectivity index (χ2n) is 10.3. The van der Waals surface area contributed by atoms with Gasteiger partial charge in [-0.3, -0.25) is 4.98 Å². The van der Waals surface area contributed by atoms with Crippen LogP contribution in [0.2, 0.25) is 0 Å². The Bertz CT molecular complexity index is 1560. The molecule has 2 aromatic heterocycles. The van der Waals surface area contributed by atoms with E-state index in [1.165, 1.54) is 12.8 Å². The lowest BCUT2D eigenvalue weighted by Crippen LogP contribution is -2.36. The summed E-state index contributed by atoms with van der Waals surface area (Å²) in [5.74, 6) is -0.369. The number of benzene rings is 2. The summed E-state index contributed by atoms with van der Waals surface area (Å²) in [7, 11) is 1.41. The van der Waals surface area contributed by atoms with Crippen LogP contribution in [0.15, 0.2) is 79.0 Å². The number of aromatic nitrogens is 2. The summed E-state index contributed by atoms with van der Waals surface area (Å²) in [5.41, 5.74) is 7.51. The SMILES string of the molecule is COC(=O)c1ccccc1-n1c(C)cc([C@@H]2[C@@H](c3ccccn3)NC(=S)N2c2ccc(N3CCOCC3)cc2)c1C. The van der Waals surface area contributed by atoms with Crippen molar-refractivity contribution < 1.29 is 14.3 Å². The molecule has 41 heavy (non-hydrogen) atoms. The maximum atomic E-state index is 12.7. The lowest BCUT2D eigenvalue weighted by atomic mass is 9.96. The topological polar surface area (TPSA) is 71.9 Å². The van der Waals surface area contributed by atoms with Crippen LogP contribution in [-0.2, 0) is 9.47 Å². The van der Waals surface area contributed by atoms with Gasteiger partial charge in [0.05, 0.1) is 49.4 Å². The fourth-order valence-corrected chi connectivity index (χ4v) is 6.35. The quantitative estimate of drug-likeness (QED) is 0.249. The van der Waals surface area contributed by atoms with Gasteiger partial charge in [-0.15, -0.1) is 0 Å². The lowest BCUT2D eigenvalue weighted by Gasteiger charge is -2.31. The summed E-state index contributed by atoms with van der Waals surface area (Å²) >= 11 is 5.97. The number of aryl methyl sites for hydroxylation is 1. The Labute approximate surface area is 245 Å². The standard InChI is InChI=1S/C32H33N5O3S/c1-21-20-26(22(2)36(21)28-10-5-4-8-25(28)31(38)39-3)30-29(27-9-6-7-15-33-27)34-32(41)37(30)24-13-11-23(12-14-24)35-16-18-40-19-17-35/h4-15,20,29-30H,16-19H2,1-3H3,(H,34,41)/t29-,30-/m1/s1. The van der Waals surface area contributed by atoms with Gasteiger partial charge in [0.15, 0.2) is 5.11 Å². The molecule has 2 aliphatic heterocycles. The molecule has 1 N–H and O–H groups in total. The summed E-state index contributed by atoms with van der Waals surface area (Å²) in [6.07, 6.45) is 1.81. The molecule has 4 heterocycles. The first kappa shape index (κ1) is 27.0. The minimum absolute atomic E-state index is 0.170. The van der Waals surface area contributed by atoms with E-state index >= 15 is 0 Å². The fourth-order valence-electron chi connectivity index (χ4n) is 6.00. The van der Waals surface area contributed by atoms with E-state index in [9.17, 15) is 4.79 Å². The van der Waals surface area contributed by atoms with Crippen LogP contribution >= 0.6 is 12.2 Å². The Balaban J connectivity index is 1.45. The lowest BCUT2D eigenvalue weighted by molar-refractivity contribution is 0.0600. The average molecular weight is 568 g/mol. The van der Waals surface area contributed by atoms with E-state index < -0.39 is 0 Å². The van der Waals surface area contributed by atoms with E-state index in [0.29, 0.717) is 10.7 Å². The van der Waals surface area contributed by atoms with Crippen LogP contribution in [0.1, 0.15) is 45.1 Å². The maximum Gasteiger partial charge on any atom is 0.339 e. The number of hydrogen-bond donors (Lipinski definition) is 1. The van der Waals surface area contributed by atoms with E-state index in [2.05, 4.69) is 63.9 Å². The van der Waals surface area contributed by atoms with Gasteiger partial charge >= 0.3 is 5.97 Å².